The van der Waals surface area contributed by atoms with E-state index in [1.165, 1.54) is 0 Å². The molecule has 2 N–H and O–H groups in total. The van der Waals surface area contributed by atoms with Gasteiger partial charge in [-0.15, -0.1) is 0 Å². The van der Waals surface area contributed by atoms with Crippen LogP contribution in [-0.2, 0) is 6.42 Å². The zero-order chi connectivity index (χ0) is 14.8. The smallest absolute Gasteiger partial charge is 0.134 e. The maximum atomic E-state index is 6.35. The highest BCUT2D eigenvalue weighted by Gasteiger charge is 2.16. The van der Waals surface area contributed by atoms with Gasteiger partial charge in [0.2, 0.25) is 0 Å². The van der Waals surface area contributed by atoms with Crippen molar-refractivity contribution in [1.29, 1.82) is 0 Å². The summed E-state index contributed by atoms with van der Waals surface area (Å²) < 4.78 is 10.9. The van der Waals surface area contributed by atoms with Gasteiger partial charge in [0.05, 0.1) is 13.4 Å². The van der Waals surface area contributed by atoms with E-state index >= 15 is 0 Å². The van der Waals surface area contributed by atoms with Crippen molar-refractivity contribution < 1.29 is 9.15 Å². The van der Waals surface area contributed by atoms with E-state index in [0.29, 0.717) is 11.4 Å². The number of halogens is 1. The molecule has 0 aliphatic rings. The first-order chi connectivity index (χ1) is 10.2. The van der Waals surface area contributed by atoms with Crippen LogP contribution in [0.15, 0.2) is 53.1 Å². The van der Waals surface area contributed by atoms with Crippen LogP contribution in [0.3, 0.4) is 0 Å². The molecular formula is C17H16ClNO2. The minimum absolute atomic E-state index is 0.180. The standard InChI is InChI=1S/C17H16ClNO2/c1-20-16-7-6-12(18)8-11(16)9-15(19)14-10-21-17-5-3-2-4-13(14)17/h2-8,10,15H,9,19H2,1H3. The third-order valence-corrected chi connectivity index (χ3v) is 3.83. The summed E-state index contributed by atoms with van der Waals surface area (Å²) in [6, 6.07) is 13.3. The number of ether oxygens (including phenoxy) is 1. The maximum absolute atomic E-state index is 6.35. The van der Waals surface area contributed by atoms with Crippen LogP contribution in [0, 0.1) is 0 Å². The summed E-state index contributed by atoms with van der Waals surface area (Å²) in [6.07, 6.45) is 2.36. The molecule has 108 valence electrons. The van der Waals surface area contributed by atoms with Gasteiger partial charge in [-0.2, -0.15) is 0 Å². The molecule has 1 atom stereocenters. The average Bonchev–Trinajstić information content (AvgIpc) is 2.91. The van der Waals surface area contributed by atoms with E-state index in [1.54, 1.807) is 13.4 Å². The van der Waals surface area contributed by atoms with Gasteiger partial charge in [-0.25, -0.2) is 0 Å². The summed E-state index contributed by atoms with van der Waals surface area (Å²) in [5.74, 6) is 0.794. The largest absolute Gasteiger partial charge is 0.496 e. The summed E-state index contributed by atoms with van der Waals surface area (Å²) in [4.78, 5) is 0. The van der Waals surface area contributed by atoms with Crippen LogP contribution in [0.5, 0.6) is 5.75 Å². The third-order valence-electron chi connectivity index (χ3n) is 3.59. The molecule has 0 aliphatic heterocycles. The second-order valence-corrected chi connectivity index (χ2v) is 5.39. The number of methoxy groups -OCH3 is 1. The molecular weight excluding hydrogens is 286 g/mol. The Balaban J connectivity index is 1.93. The van der Waals surface area contributed by atoms with Gasteiger partial charge in [-0.3, -0.25) is 0 Å². The fraction of sp³-hybridized carbons (Fsp3) is 0.176. The lowest BCUT2D eigenvalue weighted by Crippen LogP contribution is -2.13. The monoisotopic (exact) mass is 301 g/mol. The van der Waals surface area contributed by atoms with Crippen molar-refractivity contribution in [2.24, 2.45) is 5.73 Å². The van der Waals surface area contributed by atoms with Gasteiger partial charge in [0.1, 0.15) is 11.3 Å². The van der Waals surface area contributed by atoms with Crippen LogP contribution in [0.4, 0.5) is 0 Å². The first-order valence-electron chi connectivity index (χ1n) is 6.73. The van der Waals surface area contributed by atoms with E-state index in [0.717, 1.165) is 27.8 Å². The van der Waals surface area contributed by atoms with Crippen molar-refractivity contribution in [2.45, 2.75) is 12.5 Å². The molecule has 1 aromatic heterocycles. The highest BCUT2D eigenvalue weighted by molar-refractivity contribution is 6.30. The number of fused-ring (bicyclic) bond motifs is 1. The van der Waals surface area contributed by atoms with Crippen LogP contribution in [-0.4, -0.2) is 7.11 Å². The summed E-state index contributed by atoms with van der Waals surface area (Å²) >= 11 is 6.06. The Hall–Kier alpha value is -1.97. The number of furan rings is 1. The van der Waals surface area contributed by atoms with Gasteiger partial charge >= 0.3 is 0 Å². The second kappa shape index (κ2) is 5.80. The molecule has 0 spiro atoms. The number of nitrogens with two attached hydrogens (primary N) is 1. The lowest BCUT2D eigenvalue weighted by molar-refractivity contribution is 0.408. The quantitative estimate of drug-likeness (QED) is 0.780. The fourth-order valence-electron chi connectivity index (χ4n) is 2.54. The van der Waals surface area contributed by atoms with Gasteiger partial charge in [0.25, 0.3) is 0 Å². The molecule has 3 rings (SSSR count). The third kappa shape index (κ3) is 2.75. The van der Waals surface area contributed by atoms with Crippen LogP contribution < -0.4 is 10.5 Å². The molecule has 1 unspecified atom stereocenters. The molecule has 0 amide bonds. The van der Waals surface area contributed by atoms with Crippen LogP contribution in [0.2, 0.25) is 5.02 Å². The summed E-state index contributed by atoms with van der Waals surface area (Å²) in [5.41, 5.74) is 9.18. The Morgan fingerprint density at radius 2 is 2.05 bits per heavy atom. The molecule has 2 aromatic carbocycles. The molecule has 0 radical (unpaired) electrons. The van der Waals surface area contributed by atoms with Crippen LogP contribution in [0.25, 0.3) is 11.0 Å². The van der Waals surface area contributed by atoms with Gasteiger partial charge in [0, 0.05) is 22.0 Å². The molecule has 0 saturated carbocycles. The molecule has 21 heavy (non-hydrogen) atoms. The van der Waals surface area contributed by atoms with Crippen molar-refractivity contribution >= 4 is 22.6 Å². The fourth-order valence-corrected chi connectivity index (χ4v) is 2.73. The lowest BCUT2D eigenvalue weighted by Gasteiger charge is -2.14. The van der Waals surface area contributed by atoms with Crippen molar-refractivity contribution in [1.82, 2.24) is 0 Å². The molecule has 0 saturated heterocycles. The molecule has 0 aliphatic carbocycles. The Bertz CT molecular complexity index is 766. The number of para-hydroxylation sites is 1. The first-order valence-corrected chi connectivity index (χ1v) is 7.11. The summed E-state index contributed by atoms with van der Waals surface area (Å²) in [7, 11) is 1.64. The average molecular weight is 302 g/mol. The lowest BCUT2D eigenvalue weighted by atomic mass is 9.98. The zero-order valence-corrected chi connectivity index (χ0v) is 12.4. The first kappa shape index (κ1) is 14.0. The van der Waals surface area contributed by atoms with Gasteiger partial charge in [-0.05, 0) is 36.2 Å². The zero-order valence-electron chi connectivity index (χ0n) is 11.7. The molecule has 1 heterocycles. The van der Waals surface area contributed by atoms with Crippen LogP contribution >= 0.6 is 11.6 Å². The van der Waals surface area contributed by atoms with E-state index in [9.17, 15) is 0 Å². The summed E-state index contributed by atoms with van der Waals surface area (Å²) in [6.45, 7) is 0. The van der Waals surface area contributed by atoms with Gasteiger partial charge in [0.15, 0.2) is 0 Å². The van der Waals surface area contributed by atoms with Gasteiger partial charge < -0.3 is 14.9 Å². The molecule has 0 fully saturated rings. The molecule has 3 nitrogen and oxygen atoms in total. The Kier molecular flexibility index (Phi) is 3.86. The Labute approximate surface area is 128 Å². The predicted octanol–water partition coefficient (Wildman–Crippen LogP) is 4.34. The second-order valence-electron chi connectivity index (χ2n) is 4.95. The summed E-state index contributed by atoms with van der Waals surface area (Å²) in [5, 5.41) is 1.72. The van der Waals surface area contributed by atoms with Crippen LogP contribution in [0.1, 0.15) is 17.2 Å². The van der Waals surface area contributed by atoms with Crippen molar-refractivity contribution in [2.75, 3.05) is 7.11 Å². The number of hydrogen-bond acceptors (Lipinski definition) is 3. The van der Waals surface area contributed by atoms with E-state index in [1.807, 2.05) is 42.5 Å². The Morgan fingerprint density at radius 1 is 1.24 bits per heavy atom. The van der Waals surface area contributed by atoms with E-state index in [4.69, 9.17) is 26.5 Å². The van der Waals surface area contributed by atoms with E-state index < -0.39 is 0 Å². The Morgan fingerprint density at radius 3 is 2.86 bits per heavy atom. The normalized spacial score (nSPS) is 12.5. The van der Waals surface area contributed by atoms with Gasteiger partial charge in [-0.1, -0.05) is 29.8 Å². The van der Waals surface area contributed by atoms with E-state index in [-0.39, 0.29) is 6.04 Å². The number of benzene rings is 2. The molecule has 4 heteroatoms. The molecule has 3 aromatic rings. The van der Waals surface area contributed by atoms with Crippen molar-refractivity contribution in [3.8, 4) is 5.75 Å². The number of rotatable bonds is 4. The topological polar surface area (TPSA) is 48.4 Å². The van der Waals surface area contributed by atoms with E-state index in [2.05, 4.69) is 0 Å². The minimum Gasteiger partial charge on any atom is -0.496 e. The number of hydrogen-bond donors (Lipinski definition) is 1. The van der Waals surface area contributed by atoms with Crippen molar-refractivity contribution in [3.05, 3.63) is 64.9 Å². The molecule has 0 bridgehead atoms. The highest BCUT2D eigenvalue weighted by atomic mass is 35.5. The SMILES string of the molecule is COc1ccc(Cl)cc1CC(N)c1coc2ccccc12. The van der Waals surface area contributed by atoms with Crippen molar-refractivity contribution in [3.63, 3.8) is 0 Å². The maximum Gasteiger partial charge on any atom is 0.134 e. The minimum atomic E-state index is -0.180. The predicted molar refractivity (Wildman–Crippen MR) is 84.9 cm³/mol. The highest BCUT2D eigenvalue weighted by Crippen LogP contribution is 2.30.